The van der Waals surface area contributed by atoms with Gasteiger partial charge in [0.05, 0.1) is 5.54 Å². The molecule has 0 atom stereocenters. The molecular weight excluding hydrogens is 250 g/mol. The largest absolute Gasteiger partial charge is 0.461 e. The van der Waals surface area contributed by atoms with Crippen molar-refractivity contribution in [1.82, 2.24) is 0 Å². The first kappa shape index (κ1) is 19.2. The first-order valence-corrected chi connectivity index (χ1v) is 7.87. The average molecular weight is 283 g/mol. The Morgan fingerprint density at radius 2 is 1.60 bits per heavy atom. The van der Waals surface area contributed by atoms with Crippen LogP contribution in [0.2, 0.25) is 0 Å². The van der Waals surface area contributed by atoms with Crippen LogP contribution in [-0.2, 0) is 9.53 Å². The molecule has 0 saturated carbocycles. The lowest BCUT2D eigenvalue weighted by Gasteiger charge is -2.29. The minimum Gasteiger partial charge on any atom is -0.461 e. The SMILES string of the molecule is C=CC(=O)OCC(N)(CCCC(C)C)CCCC(C)C. The Balaban J connectivity index is 4.32. The molecule has 0 aromatic carbocycles. The Kier molecular flexibility index (Phi) is 9.56. The highest BCUT2D eigenvalue weighted by Crippen LogP contribution is 2.22. The van der Waals surface area contributed by atoms with Gasteiger partial charge in [0.1, 0.15) is 6.61 Å². The fraction of sp³-hybridized carbons (Fsp3) is 0.824. The van der Waals surface area contributed by atoms with Crippen molar-refractivity contribution in [3.05, 3.63) is 12.7 Å². The maximum atomic E-state index is 11.2. The van der Waals surface area contributed by atoms with Crippen molar-refractivity contribution in [3.63, 3.8) is 0 Å². The third-order valence-electron chi connectivity index (χ3n) is 3.58. The topological polar surface area (TPSA) is 52.3 Å². The minimum atomic E-state index is -0.386. The molecule has 0 heterocycles. The van der Waals surface area contributed by atoms with Gasteiger partial charge in [-0.15, -0.1) is 0 Å². The third kappa shape index (κ3) is 10.0. The van der Waals surface area contributed by atoms with E-state index >= 15 is 0 Å². The van der Waals surface area contributed by atoms with E-state index in [-0.39, 0.29) is 11.5 Å². The Hall–Kier alpha value is -0.830. The first-order valence-electron chi connectivity index (χ1n) is 7.87. The van der Waals surface area contributed by atoms with Crippen molar-refractivity contribution in [2.24, 2.45) is 17.6 Å². The van der Waals surface area contributed by atoms with Crippen LogP contribution in [0.4, 0.5) is 0 Å². The monoisotopic (exact) mass is 283 g/mol. The normalized spacial score (nSPS) is 11.9. The van der Waals surface area contributed by atoms with E-state index in [9.17, 15) is 4.79 Å². The molecule has 0 unspecified atom stereocenters. The van der Waals surface area contributed by atoms with Gasteiger partial charge in [-0.2, -0.15) is 0 Å². The van der Waals surface area contributed by atoms with Gasteiger partial charge in [0.15, 0.2) is 0 Å². The number of rotatable bonds is 11. The van der Waals surface area contributed by atoms with E-state index < -0.39 is 0 Å². The van der Waals surface area contributed by atoms with E-state index in [1.165, 1.54) is 18.9 Å². The lowest BCUT2D eigenvalue weighted by Crippen LogP contribution is -2.45. The number of carbonyl (C=O) groups excluding carboxylic acids is 1. The van der Waals surface area contributed by atoms with Crippen LogP contribution >= 0.6 is 0 Å². The van der Waals surface area contributed by atoms with Crippen LogP contribution in [0, 0.1) is 11.8 Å². The number of hydrogen-bond donors (Lipinski definition) is 1. The predicted octanol–water partition coefficient (Wildman–Crippen LogP) is 4.07. The van der Waals surface area contributed by atoms with E-state index in [2.05, 4.69) is 34.3 Å². The molecule has 0 aliphatic heterocycles. The summed E-state index contributed by atoms with van der Waals surface area (Å²) in [5, 5.41) is 0. The maximum Gasteiger partial charge on any atom is 0.330 e. The van der Waals surface area contributed by atoms with Gasteiger partial charge < -0.3 is 10.5 Å². The molecule has 118 valence electrons. The van der Waals surface area contributed by atoms with Gasteiger partial charge in [-0.3, -0.25) is 0 Å². The summed E-state index contributed by atoms with van der Waals surface area (Å²) in [6, 6.07) is 0. The Bertz CT molecular complexity index is 271. The summed E-state index contributed by atoms with van der Waals surface area (Å²) in [4.78, 5) is 11.2. The van der Waals surface area contributed by atoms with Gasteiger partial charge in [0.2, 0.25) is 0 Å². The van der Waals surface area contributed by atoms with E-state index in [1.54, 1.807) is 0 Å². The van der Waals surface area contributed by atoms with Crippen molar-refractivity contribution in [2.75, 3.05) is 6.61 Å². The standard InChI is InChI=1S/C17H33NO2/c1-6-16(19)20-13-17(18,11-7-9-14(2)3)12-8-10-15(4)5/h6,14-15H,1,7-13,18H2,2-5H3. The molecule has 0 aromatic heterocycles. The van der Waals surface area contributed by atoms with Gasteiger partial charge in [-0.05, 0) is 24.7 Å². The van der Waals surface area contributed by atoms with Crippen molar-refractivity contribution >= 4 is 5.97 Å². The average Bonchev–Trinajstić information content (AvgIpc) is 2.35. The summed E-state index contributed by atoms with van der Waals surface area (Å²) < 4.78 is 5.19. The minimum absolute atomic E-state index is 0.300. The van der Waals surface area contributed by atoms with Crippen molar-refractivity contribution in [3.8, 4) is 0 Å². The Morgan fingerprint density at radius 1 is 1.15 bits per heavy atom. The highest BCUT2D eigenvalue weighted by atomic mass is 16.5. The lowest BCUT2D eigenvalue weighted by atomic mass is 9.86. The summed E-state index contributed by atoms with van der Waals surface area (Å²) in [5.41, 5.74) is 6.08. The van der Waals surface area contributed by atoms with Crippen molar-refractivity contribution < 1.29 is 9.53 Å². The zero-order valence-electron chi connectivity index (χ0n) is 13.8. The molecule has 0 saturated heterocycles. The number of hydrogen-bond acceptors (Lipinski definition) is 3. The van der Waals surface area contributed by atoms with Gasteiger partial charge >= 0.3 is 5.97 Å². The molecule has 0 aliphatic rings. The van der Waals surface area contributed by atoms with Crippen LogP contribution in [0.1, 0.15) is 66.2 Å². The van der Waals surface area contributed by atoms with Crippen LogP contribution in [0.3, 0.4) is 0 Å². The Morgan fingerprint density at radius 3 is 1.95 bits per heavy atom. The maximum absolute atomic E-state index is 11.2. The summed E-state index contributed by atoms with van der Waals surface area (Å²) in [6.07, 6.45) is 7.52. The number of ether oxygens (including phenoxy) is 1. The second kappa shape index (κ2) is 9.98. The van der Waals surface area contributed by atoms with Crippen molar-refractivity contribution in [1.29, 1.82) is 0 Å². The van der Waals surface area contributed by atoms with Crippen LogP contribution in [-0.4, -0.2) is 18.1 Å². The number of esters is 1. The highest BCUT2D eigenvalue weighted by molar-refractivity contribution is 5.81. The fourth-order valence-electron chi connectivity index (χ4n) is 2.27. The van der Waals surface area contributed by atoms with Crippen molar-refractivity contribution in [2.45, 2.75) is 71.8 Å². The highest BCUT2D eigenvalue weighted by Gasteiger charge is 2.26. The van der Waals surface area contributed by atoms with E-state index in [0.717, 1.165) is 25.7 Å². The first-order chi connectivity index (χ1) is 9.29. The quantitative estimate of drug-likeness (QED) is 0.459. The number of nitrogens with two attached hydrogens (primary N) is 1. The fourth-order valence-corrected chi connectivity index (χ4v) is 2.27. The second-order valence-electron chi connectivity index (χ2n) is 6.75. The van der Waals surface area contributed by atoms with Crippen LogP contribution in [0.5, 0.6) is 0 Å². The zero-order chi connectivity index (χ0) is 15.6. The molecule has 0 rings (SSSR count). The van der Waals surface area contributed by atoms with Crippen LogP contribution < -0.4 is 5.73 Å². The molecule has 0 amide bonds. The molecule has 3 nitrogen and oxygen atoms in total. The van der Waals surface area contributed by atoms with E-state index in [1.807, 2.05) is 0 Å². The Labute approximate surface area is 125 Å². The summed E-state index contributed by atoms with van der Waals surface area (Å²) in [7, 11) is 0. The number of carbonyl (C=O) groups is 1. The van der Waals surface area contributed by atoms with Crippen LogP contribution in [0.15, 0.2) is 12.7 Å². The molecule has 0 bridgehead atoms. The predicted molar refractivity (Wildman–Crippen MR) is 85.5 cm³/mol. The molecule has 20 heavy (non-hydrogen) atoms. The molecule has 3 heteroatoms. The summed E-state index contributed by atoms with van der Waals surface area (Å²) >= 11 is 0. The molecule has 0 spiro atoms. The second-order valence-corrected chi connectivity index (χ2v) is 6.75. The summed E-state index contributed by atoms with van der Waals surface area (Å²) in [6.45, 7) is 12.6. The van der Waals surface area contributed by atoms with E-state index in [4.69, 9.17) is 10.5 Å². The molecule has 0 aromatic rings. The molecule has 0 radical (unpaired) electrons. The molecule has 0 aliphatic carbocycles. The van der Waals surface area contributed by atoms with Crippen LogP contribution in [0.25, 0.3) is 0 Å². The molecule has 0 fully saturated rings. The smallest absolute Gasteiger partial charge is 0.330 e. The van der Waals surface area contributed by atoms with Gasteiger partial charge in [0.25, 0.3) is 0 Å². The molecular formula is C17H33NO2. The lowest BCUT2D eigenvalue weighted by molar-refractivity contribution is -0.139. The van der Waals surface area contributed by atoms with Gasteiger partial charge in [0, 0.05) is 6.08 Å². The summed E-state index contributed by atoms with van der Waals surface area (Å²) in [5.74, 6) is 0.990. The van der Waals surface area contributed by atoms with E-state index in [0.29, 0.717) is 18.4 Å². The van der Waals surface area contributed by atoms with Gasteiger partial charge in [-0.25, -0.2) is 4.79 Å². The van der Waals surface area contributed by atoms with Gasteiger partial charge in [-0.1, -0.05) is 60.0 Å². The third-order valence-corrected chi connectivity index (χ3v) is 3.58. The zero-order valence-corrected chi connectivity index (χ0v) is 13.8. The molecule has 2 N–H and O–H groups in total.